The van der Waals surface area contributed by atoms with Gasteiger partial charge in [-0.1, -0.05) is 72.8 Å². The smallest absolute Gasteiger partial charge is 0.441 e. The maximum Gasteiger partial charge on any atom is 0.475 e. The highest BCUT2D eigenvalue weighted by Crippen LogP contribution is 2.52. The summed E-state index contributed by atoms with van der Waals surface area (Å²) in [7, 11) is -2.28. The molecule has 13 heteroatoms. The number of hydrogen-bond donors (Lipinski definition) is 0. The second kappa shape index (κ2) is 12.3. The predicted octanol–water partition coefficient (Wildman–Crippen LogP) is 5.75. The number of phosphoric ester groups is 1. The van der Waals surface area contributed by atoms with E-state index in [2.05, 4.69) is 26.6 Å². The summed E-state index contributed by atoms with van der Waals surface area (Å²) in [5, 5.41) is 11.5. The van der Waals surface area contributed by atoms with Gasteiger partial charge in [0.1, 0.15) is 11.8 Å². The van der Waals surface area contributed by atoms with Crippen molar-refractivity contribution in [1.29, 1.82) is 0 Å². The molecule has 0 saturated carbocycles. The fourth-order valence-corrected chi connectivity index (χ4v) is 6.64. The number of hydrogen-bond acceptors (Lipinski definition) is 10. The van der Waals surface area contributed by atoms with Crippen molar-refractivity contribution in [2.24, 2.45) is 7.05 Å². The average molecular weight is 625 g/mol. The SMILES string of the molecule is Cn1nnnc1-c1ccc(-c2ccc3c(c2)C[C@H]2[C@H](COP(=O)(OCc4ccccc4)OCc4ccccc4)OC(=O)N32)cn1. The summed E-state index contributed by atoms with van der Waals surface area (Å²) in [6.45, 7) is -0.0875. The molecule has 0 unspecified atom stereocenters. The van der Waals surface area contributed by atoms with Crippen LogP contribution in [-0.2, 0) is 49.6 Å². The predicted molar refractivity (Wildman–Crippen MR) is 164 cm³/mol. The van der Waals surface area contributed by atoms with E-state index in [9.17, 15) is 9.36 Å². The van der Waals surface area contributed by atoms with Crippen LogP contribution in [0.25, 0.3) is 22.6 Å². The molecule has 228 valence electrons. The first-order chi connectivity index (χ1) is 22.0. The Bertz CT molecular complexity index is 1810. The van der Waals surface area contributed by atoms with Gasteiger partial charge in [0.2, 0.25) is 0 Å². The molecule has 2 aromatic heterocycles. The zero-order valence-corrected chi connectivity index (χ0v) is 25.2. The van der Waals surface area contributed by atoms with Crippen LogP contribution in [0.5, 0.6) is 0 Å². The van der Waals surface area contributed by atoms with Gasteiger partial charge in [0.25, 0.3) is 0 Å². The molecule has 5 aromatic rings. The van der Waals surface area contributed by atoms with Crippen molar-refractivity contribution in [3.8, 4) is 22.6 Å². The minimum atomic E-state index is -4.04. The first-order valence-corrected chi connectivity index (χ1v) is 15.9. The van der Waals surface area contributed by atoms with Gasteiger partial charge in [-0.25, -0.2) is 14.0 Å². The standard InChI is InChI=1S/C32H29N6O6P/c1-37-31(34-35-36-37)27-14-12-25(18-33-27)24-13-15-28-26(16-24)17-29-30(44-32(39)38(28)29)21-43-45(40,41-19-22-8-4-2-5-9-22)42-20-23-10-6-3-7-11-23/h2-16,18,29-30H,17,19-21H2,1H3/t29-,30-/m0/s1. The number of nitrogens with zero attached hydrogens (tertiary/aromatic N) is 6. The Labute approximate surface area is 259 Å². The van der Waals surface area contributed by atoms with Crippen LogP contribution in [0.3, 0.4) is 0 Å². The van der Waals surface area contributed by atoms with Crippen molar-refractivity contribution in [2.45, 2.75) is 31.8 Å². The van der Waals surface area contributed by atoms with Gasteiger partial charge in [-0.15, -0.1) is 5.10 Å². The van der Waals surface area contributed by atoms with Crippen molar-refractivity contribution in [3.63, 3.8) is 0 Å². The number of fused-ring (bicyclic) bond motifs is 3. The Morgan fingerprint density at radius 2 is 1.58 bits per heavy atom. The van der Waals surface area contributed by atoms with E-state index in [0.29, 0.717) is 17.9 Å². The van der Waals surface area contributed by atoms with Crippen LogP contribution in [-0.4, -0.2) is 50.0 Å². The topological polar surface area (TPSA) is 131 Å². The van der Waals surface area contributed by atoms with Crippen LogP contribution in [0.15, 0.2) is 97.2 Å². The van der Waals surface area contributed by atoms with Gasteiger partial charge in [0, 0.05) is 18.8 Å². The molecule has 0 radical (unpaired) electrons. The average Bonchev–Trinajstić information content (AvgIpc) is 3.77. The number of ether oxygens (including phenoxy) is 1. The number of carbonyl (C=O) groups excluding carboxylic acids is 1. The van der Waals surface area contributed by atoms with E-state index in [-0.39, 0.29) is 25.9 Å². The Balaban J connectivity index is 1.05. The summed E-state index contributed by atoms with van der Waals surface area (Å²) in [6, 6.07) is 28.1. The maximum absolute atomic E-state index is 13.8. The van der Waals surface area contributed by atoms with Gasteiger partial charge < -0.3 is 4.74 Å². The van der Waals surface area contributed by atoms with Crippen molar-refractivity contribution in [2.75, 3.05) is 11.5 Å². The molecule has 1 amide bonds. The lowest BCUT2D eigenvalue weighted by atomic mass is 10.0. The van der Waals surface area contributed by atoms with Gasteiger partial charge >= 0.3 is 13.9 Å². The van der Waals surface area contributed by atoms with Crippen molar-refractivity contribution >= 4 is 19.6 Å². The number of amides is 1. The lowest BCUT2D eigenvalue weighted by Crippen LogP contribution is -2.35. The van der Waals surface area contributed by atoms with Gasteiger partial charge in [0.05, 0.1) is 31.5 Å². The monoisotopic (exact) mass is 624 g/mol. The summed E-state index contributed by atoms with van der Waals surface area (Å²) in [5.41, 5.74) is 5.94. The number of carbonyl (C=O) groups is 1. The Kier molecular flexibility index (Phi) is 7.95. The van der Waals surface area contributed by atoms with E-state index in [1.807, 2.05) is 84.9 Å². The van der Waals surface area contributed by atoms with Gasteiger partial charge in [0.15, 0.2) is 5.82 Å². The number of anilines is 1. The molecule has 12 nitrogen and oxygen atoms in total. The van der Waals surface area contributed by atoms with Crippen LogP contribution in [0, 0.1) is 0 Å². The third-order valence-electron chi connectivity index (χ3n) is 7.79. The summed E-state index contributed by atoms with van der Waals surface area (Å²) in [6.07, 6.45) is 1.16. The van der Waals surface area contributed by atoms with Crippen LogP contribution < -0.4 is 4.90 Å². The van der Waals surface area contributed by atoms with E-state index >= 15 is 0 Å². The van der Waals surface area contributed by atoms with Crippen LogP contribution in [0.1, 0.15) is 16.7 Å². The van der Waals surface area contributed by atoms with Gasteiger partial charge in [-0.3, -0.25) is 23.5 Å². The molecular weight excluding hydrogens is 595 g/mol. The summed E-state index contributed by atoms with van der Waals surface area (Å²) >= 11 is 0. The Morgan fingerprint density at radius 3 is 2.20 bits per heavy atom. The fraction of sp³-hybridized carbons (Fsp3) is 0.219. The second-order valence-corrected chi connectivity index (χ2v) is 12.4. The summed E-state index contributed by atoms with van der Waals surface area (Å²) < 4.78 is 38.4. The highest BCUT2D eigenvalue weighted by atomic mass is 31.2. The molecule has 2 atom stereocenters. The number of pyridine rings is 1. The molecule has 1 saturated heterocycles. The Hall–Kier alpha value is -4.74. The largest absolute Gasteiger partial charge is 0.475 e. The molecular formula is C32H29N6O6P. The van der Waals surface area contributed by atoms with Crippen molar-refractivity contribution < 1.29 is 27.7 Å². The highest BCUT2D eigenvalue weighted by molar-refractivity contribution is 7.48. The number of aryl methyl sites for hydroxylation is 1. The highest BCUT2D eigenvalue weighted by Gasteiger charge is 2.48. The fourth-order valence-electron chi connectivity index (χ4n) is 5.48. The third-order valence-corrected chi connectivity index (χ3v) is 9.14. The molecule has 0 N–H and O–H groups in total. The summed E-state index contributed by atoms with van der Waals surface area (Å²) in [5.74, 6) is 0.573. The molecule has 3 aromatic carbocycles. The molecule has 45 heavy (non-hydrogen) atoms. The molecule has 0 bridgehead atoms. The van der Waals surface area contributed by atoms with E-state index < -0.39 is 20.0 Å². The molecule has 0 spiro atoms. The lowest BCUT2D eigenvalue weighted by Gasteiger charge is -2.21. The van der Waals surface area contributed by atoms with Crippen LogP contribution >= 0.6 is 7.82 Å². The van der Waals surface area contributed by atoms with Crippen LogP contribution in [0.2, 0.25) is 0 Å². The number of cyclic esters (lactones) is 1. The molecule has 4 heterocycles. The maximum atomic E-state index is 13.8. The van der Waals surface area contributed by atoms with Gasteiger partial charge in [-0.2, -0.15) is 0 Å². The quantitative estimate of drug-likeness (QED) is 0.168. The first-order valence-electron chi connectivity index (χ1n) is 14.4. The van der Waals surface area contributed by atoms with E-state index in [1.165, 1.54) is 0 Å². The zero-order valence-electron chi connectivity index (χ0n) is 24.3. The number of tetrazole rings is 1. The number of rotatable bonds is 11. The second-order valence-electron chi connectivity index (χ2n) is 10.7. The number of aromatic nitrogens is 5. The molecule has 2 aliphatic rings. The normalized spacial score (nSPS) is 17.3. The molecule has 2 aliphatic heterocycles. The van der Waals surface area contributed by atoms with Crippen LogP contribution in [0.4, 0.5) is 10.5 Å². The zero-order chi connectivity index (χ0) is 30.8. The van der Waals surface area contributed by atoms with Gasteiger partial charge in [-0.05, 0) is 57.3 Å². The number of benzene rings is 3. The van der Waals surface area contributed by atoms with Crippen molar-refractivity contribution in [3.05, 3.63) is 114 Å². The number of phosphoric acid groups is 1. The molecule has 0 aliphatic carbocycles. The molecule has 7 rings (SSSR count). The summed E-state index contributed by atoms with van der Waals surface area (Å²) in [4.78, 5) is 19.2. The lowest BCUT2D eigenvalue weighted by molar-refractivity contribution is 0.0515. The third kappa shape index (κ3) is 6.13. The Morgan fingerprint density at radius 1 is 0.889 bits per heavy atom. The minimum absolute atomic E-state index is 0.0342. The molecule has 1 fully saturated rings. The van der Waals surface area contributed by atoms with E-state index in [1.54, 1.807) is 22.8 Å². The first kappa shape index (κ1) is 29.0. The minimum Gasteiger partial charge on any atom is -0.441 e. The van der Waals surface area contributed by atoms with E-state index in [0.717, 1.165) is 33.5 Å². The van der Waals surface area contributed by atoms with E-state index in [4.69, 9.17) is 18.3 Å². The van der Waals surface area contributed by atoms with Crippen molar-refractivity contribution in [1.82, 2.24) is 25.2 Å².